The van der Waals surface area contributed by atoms with Crippen molar-refractivity contribution in [2.45, 2.75) is 0 Å². The maximum Gasteiger partial charge on any atom is 0.353 e. The first-order valence-electron chi connectivity index (χ1n) is 4.35. The SMILES string of the molecule is O=C(O)c1cc(-c2cc(O)ccc2Cl)n[nH]1. The first kappa shape index (κ1) is 10.5. The number of aromatic amines is 1. The highest BCUT2D eigenvalue weighted by atomic mass is 35.5. The number of rotatable bonds is 2. The zero-order valence-corrected chi connectivity index (χ0v) is 8.69. The third kappa shape index (κ3) is 1.85. The normalized spacial score (nSPS) is 10.3. The van der Waals surface area contributed by atoms with Crippen molar-refractivity contribution in [2.75, 3.05) is 0 Å². The number of carboxylic acid groups (broad SMARTS) is 1. The van der Waals surface area contributed by atoms with Crippen LogP contribution in [0.2, 0.25) is 5.02 Å². The summed E-state index contributed by atoms with van der Waals surface area (Å²) in [6.07, 6.45) is 0. The van der Waals surface area contributed by atoms with E-state index in [9.17, 15) is 9.90 Å². The van der Waals surface area contributed by atoms with Crippen LogP contribution in [-0.2, 0) is 0 Å². The van der Waals surface area contributed by atoms with Crippen LogP contribution in [0.15, 0.2) is 24.3 Å². The van der Waals surface area contributed by atoms with E-state index >= 15 is 0 Å². The summed E-state index contributed by atoms with van der Waals surface area (Å²) in [6.45, 7) is 0. The maximum absolute atomic E-state index is 10.6. The van der Waals surface area contributed by atoms with Gasteiger partial charge in [-0.1, -0.05) is 11.6 Å². The number of carboxylic acids is 1. The molecule has 0 bridgehead atoms. The van der Waals surface area contributed by atoms with E-state index < -0.39 is 5.97 Å². The van der Waals surface area contributed by atoms with E-state index in [4.69, 9.17) is 16.7 Å². The molecule has 0 saturated carbocycles. The number of carbonyl (C=O) groups is 1. The molecule has 0 spiro atoms. The van der Waals surface area contributed by atoms with Crippen LogP contribution < -0.4 is 0 Å². The standard InChI is InChI=1S/C10H7ClN2O3/c11-7-2-1-5(14)3-6(7)8-4-9(10(15)16)13-12-8/h1-4,14H,(H,12,13)(H,15,16). The molecule has 0 aliphatic carbocycles. The quantitative estimate of drug-likeness (QED) is 0.748. The van der Waals surface area contributed by atoms with Crippen molar-refractivity contribution >= 4 is 17.6 Å². The van der Waals surface area contributed by atoms with Gasteiger partial charge in [0.25, 0.3) is 0 Å². The topological polar surface area (TPSA) is 86.2 Å². The second-order valence-electron chi connectivity index (χ2n) is 3.14. The van der Waals surface area contributed by atoms with Gasteiger partial charge in [0.05, 0.1) is 10.7 Å². The number of nitrogens with zero attached hydrogens (tertiary/aromatic N) is 1. The van der Waals surface area contributed by atoms with Gasteiger partial charge < -0.3 is 10.2 Å². The molecule has 0 unspecified atom stereocenters. The summed E-state index contributed by atoms with van der Waals surface area (Å²) in [4.78, 5) is 10.6. The lowest BCUT2D eigenvalue weighted by molar-refractivity contribution is 0.0690. The van der Waals surface area contributed by atoms with Gasteiger partial charge in [-0.3, -0.25) is 5.10 Å². The van der Waals surface area contributed by atoms with Crippen LogP contribution in [0.4, 0.5) is 0 Å². The maximum atomic E-state index is 10.6. The molecule has 1 heterocycles. The Bertz CT molecular complexity index is 551. The molecule has 2 rings (SSSR count). The number of phenolic OH excluding ortho intramolecular Hbond substituents is 1. The van der Waals surface area contributed by atoms with Gasteiger partial charge in [-0.25, -0.2) is 4.79 Å². The van der Waals surface area contributed by atoms with E-state index in [2.05, 4.69) is 10.2 Å². The van der Waals surface area contributed by atoms with Gasteiger partial charge >= 0.3 is 5.97 Å². The van der Waals surface area contributed by atoms with E-state index in [0.29, 0.717) is 16.3 Å². The summed E-state index contributed by atoms with van der Waals surface area (Å²) in [5, 5.41) is 24.6. The first-order chi connectivity index (χ1) is 7.58. The number of phenols is 1. The van der Waals surface area contributed by atoms with Crippen LogP contribution in [0.25, 0.3) is 11.3 Å². The Balaban J connectivity index is 2.50. The molecule has 5 nitrogen and oxygen atoms in total. The van der Waals surface area contributed by atoms with Gasteiger partial charge in [-0.15, -0.1) is 0 Å². The Labute approximate surface area is 95.3 Å². The fourth-order valence-corrected chi connectivity index (χ4v) is 1.49. The summed E-state index contributed by atoms with van der Waals surface area (Å²) in [7, 11) is 0. The highest BCUT2D eigenvalue weighted by molar-refractivity contribution is 6.33. The Morgan fingerprint density at radius 3 is 2.75 bits per heavy atom. The van der Waals surface area contributed by atoms with Crippen molar-refractivity contribution in [1.82, 2.24) is 10.2 Å². The fourth-order valence-electron chi connectivity index (χ4n) is 1.28. The van der Waals surface area contributed by atoms with Crippen LogP contribution in [0.5, 0.6) is 5.75 Å². The second kappa shape index (κ2) is 3.86. The van der Waals surface area contributed by atoms with Crippen molar-refractivity contribution < 1.29 is 15.0 Å². The van der Waals surface area contributed by atoms with Gasteiger partial charge in [-0.2, -0.15) is 5.10 Å². The van der Waals surface area contributed by atoms with Gasteiger partial charge in [0, 0.05) is 5.56 Å². The Hall–Kier alpha value is -2.01. The lowest BCUT2D eigenvalue weighted by Crippen LogP contribution is -1.95. The number of aromatic hydroxyl groups is 1. The molecule has 0 radical (unpaired) electrons. The molecule has 0 aliphatic rings. The predicted octanol–water partition coefficient (Wildman–Crippen LogP) is 2.13. The van der Waals surface area contributed by atoms with Crippen molar-refractivity contribution in [2.24, 2.45) is 0 Å². The number of halogens is 1. The van der Waals surface area contributed by atoms with Gasteiger partial charge in [0.2, 0.25) is 0 Å². The van der Waals surface area contributed by atoms with Gasteiger partial charge in [0.15, 0.2) is 0 Å². The monoisotopic (exact) mass is 238 g/mol. The fraction of sp³-hybridized carbons (Fsp3) is 0. The molecule has 2 aromatic rings. The number of nitrogens with one attached hydrogen (secondary N) is 1. The summed E-state index contributed by atoms with van der Waals surface area (Å²) >= 11 is 5.91. The Morgan fingerprint density at radius 2 is 2.12 bits per heavy atom. The molecule has 0 fully saturated rings. The molecule has 1 aromatic carbocycles. The number of aromatic nitrogens is 2. The molecular formula is C10H7ClN2O3. The lowest BCUT2D eigenvalue weighted by atomic mass is 10.1. The minimum Gasteiger partial charge on any atom is -0.508 e. The molecular weight excluding hydrogens is 232 g/mol. The van der Waals surface area contributed by atoms with Crippen LogP contribution in [0.1, 0.15) is 10.5 Å². The van der Waals surface area contributed by atoms with Gasteiger partial charge in [-0.05, 0) is 24.3 Å². The molecule has 16 heavy (non-hydrogen) atoms. The van der Waals surface area contributed by atoms with Crippen LogP contribution in [-0.4, -0.2) is 26.4 Å². The smallest absolute Gasteiger partial charge is 0.353 e. The minimum absolute atomic E-state index is 0.0330. The highest BCUT2D eigenvalue weighted by Gasteiger charge is 2.12. The van der Waals surface area contributed by atoms with E-state index in [0.717, 1.165) is 0 Å². The molecule has 0 atom stereocenters. The average molecular weight is 239 g/mol. The molecule has 1 aromatic heterocycles. The second-order valence-corrected chi connectivity index (χ2v) is 3.54. The third-order valence-corrected chi connectivity index (χ3v) is 2.36. The highest BCUT2D eigenvalue weighted by Crippen LogP contribution is 2.29. The van der Waals surface area contributed by atoms with Crippen molar-refractivity contribution in [3.63, 3.8) is 0 Å². The summed E-state index contributed by atoms with van der Waals surface area (Å²) in [5.74, 6) is -1.06. The summed E-state index contributed by atoms with van der Waals surface area (Å²) < 4.78 is 0. The zero-order chi connectivity index (χ0) is 11.7. The zero-order valence-electron chi connectivity index (χ0n) is 7.94. The van der Waals surface area contributed by atoms with Crippen LogP contribution in [0.3, 0.4) is 0 Å². The van der Waals surface area contributed by atoms with E-state index in [-0.39, 0.29) is 11.4 Å². The van der Waals surface area contributed by atoms with Crippen LogP contribution in [0, 0.1) is 0 Å². The summed E-state index contributed by atoms with van der Waals surface area (Å²) in [6, 6.07) is 5.73. The predicted molar refractivity (Wildman–Crippen MR) is 57.7 cm³/mol. The van der Waals surface area contributed by atoms with E-state index in [1.165, 1.54) is 24.3 Å². The molecule has 82 valence electrons. The Morgan fingerprint density at radius 1 is 1.38 bits per heavy atom. The van der Waals surface area contributed by atoms with E-state index in [1.54, 1.807) is 0 Å². The van der Waals surface area contributed by atoms with Gasteiger partial charge in [0.1, 0.15) is 11.4 Å². The molecule has 0 saturated heterocycles. The van der Waals surface area contributed by atoms with Crippen molar-refractivity contribution in [3.8, 4) is 17.0 Å². The molecule has 3 N–H and O–H groups in total. The van der Waals surface area contributed by atoms with Crippen molar-refractivity contribution in [3.05, 3.63) is 35.0 Å². The molecule has 0 amide bonds. The van der Waals surface area contributed by atoms with E-state index in [1.807, 2.05) is 0 Å². The van der Waals surface area contributed by atoms with Crippen LogP contribution >= 0.6 is 11.6 Å². The molecule has 6 heteroatoms. The molecule has 0 aliphatic heterocycles. The number of hydrogen-bond donors (Lipinski definition) is 3. The minimum atomic E-state index is -1.10. The summed E-state index contributed by atoms with van der Waals surface area (Å²) in [5.41, 5.74) is 0.818. The first-order valence-corrected chi connectivity index (χ1v) is 4.73. The lowest BCUT2D eigenvalue weighted by Gasteiger charge is -2.00. The largest absolute Gasteiger partial charge is 0.508 e. The number of aromatic carboxylic acids is 1. The van der Waals surface area contributed by atoms with Crippen molar-refractivity contribution in [1.29, 1.82) is 0 Å². The number of benzene rings is 1. The third-order valence-electron chi connectivity index (χ3n) is 2.03. The number of hydrogen-bond acceptors (Lipinski definition) is 3. The average Bonchev–Trinajstić information content (AvgIpc) is 2.70. The number of H-pyrrole nitrogens is 1. The Kier molecular flexibility index (Phi) is 2.54.